The van der Waals surface area contributed by atoms with E-state index in [-0.39, 0.29) is 0 Å². The third-order valence-electron chi connectivity index (χ3n) is 5.00. The molecule has 0 radical (unpaired) electrons. The Kier molecular flexibility index (Phi) is 5.09. The van der Waals surface area contributed by atoms with Crippen molar-refractivity contribution in [2.45, 2.75) is 51.1 Å². The summed E-state index contributed by atoms with van der Waals surface area (Å²) in [6, 6.07) is 4.85. The van der Waals surface area contributed by atoms with Crippen molar-refractivity contribution in [3.05, 3.63) is 23.9 Å². The molecule has 1 aromatic heterocycles. The average molecular weight is 288 g/mol. The Labute approximate surface area is 128 Å². The van der Waals surface area contributed by atoms with Crippen LogP contribution in [-0.2, 0) is 6.54 Å². The van der Waals surface area contributed by atoms with Crippen LogP contribution in [0.25, 0.3) is 0 Å². The predicted molar refractivity (Wildman–Crippen MR) is 87.0 cm³/mol. The molecule has 2 N–H and O–H groups in total. The molecule has 4 heteroatoms. The lowest BCUT2D eigenvalue weighted by Gasteiger charge is -2.39. The largest absolute Gasteiger partial charge is 0.384 e. The first-order chi connectivity index (χ1) is 10.3. The zero-order valence-corrected chi connectivity index (χ0v) is 13.0. The molecule has 0 aromatic carbocycles. The lowest BCUT2D eigenvalue weighted by atomic mass is 10.1. The second-order valence-electron chi connectivity index (χ2n) is 6.55. The molecule has 4 nitrogen and oxygen atoms in total. The van der Waals surface area contributed by atoms with Crippen molar-refractivity contribution in [3.8, 4) is 0 Å². The average Bonchev–Trinajstić information content (AvgIpc) is 2.80. The van der Waals surface area contributed by atoms with Crippen LogP contribution in [0.3, 0.4) is 0 Å². The molecular formula is C17H28N4. The first-order valence-electron chi connectivity index (χ1n) is 8.48. The third kappa shape index (κ3) is 4.17. The highest BCUT2D eigenvalue weighted by molar-refractivity contribution is 5.29. The fraction of sp³-hybridized carbons (Fsp3) is 0.706. The normalized spacial score (nSPS) is 23.0. The molecular weight excluding hydrogens is 260 g/mol. The first kappa shape index (κ1) is 14.8. The van der Waals surface area contributed by atoms with E-state index in [0.29, 0.717) is 5.82 Å². The summed E-state index contributed by atoms with van der Waals surface area (Å²) in [5.74, 6) is 0.608. The van der Waals surface area contributed by atoms with Gasteiger partial charge in [-0.15, -0.1) is 0 Å². The summed E-state index contributed by atoms with van der Waals surface area (Å²) in [7, 11) is 0. The van der Waals surface area contributed by atoms with Crippen molar-refractivity contribution in [1.82, 2.24) is 14.8 Å². The standard InChI is InChI=1S/C17H28N4/c18-17-8-7-15(13-19-17)14-20-9-11-21(12-10-20)16-5-3-1-2-4-6-16/h7-8,13,16H,1-6,9-12,14H2,(H2,18,19). The molecule has 0 unspecified atom stereocenters. The summed E-state index contributed by atoms with van der Waals surface area (Å²) in [6.45, 7) is 5.83. The zero-order valence-electron chi connectivity index (χ0n) is 13.0. The molecule has 21 heavy (non-hydrogen) atoms. The minimum atomic E-state index is 0.608. The van der Waals surface area contributed by atoms with Crippen LogP contribution in [-0.4, -0.2) is 47.0 Å². The lowest BCUT2D eigenvalue weighted by molar-refractivity contribution is 0.0851. The summed E-state index contributed by atoms with van der Waals surface area (Å²) < 4.78 is 0. The molecule has 0 atom stereocenters. The molecule has 1 aromatic rings. The molecule has 2 heterocycles. The fourth-order valence-corrected chi connectivity index (χ4v) is 3.70. The van der Waals surface area contributed by atoms with Gasteiger partial charge in [0.15, 0.2) is 0 Å². The number of hydrogen-bond donors (Lipinski definition) is 1. The maximum Gasteiger partial charge on any atom is 0.123 e. The summed E-state index contributed by atoms with van der Waals surface area (Å²) >= 11 is 0. The molecule has 1 saturated carbocycles. The van der Waals surface area contributed by atoms with Gasteiger partial charge in [0.05, 0.1) is 0 Å². The minimum Gasteiger partial charge on any atom is -0.384 e. The maximum absolute atomic E-state index is 5.64. The Morgan fingerprint density at radius 3 is 2.33 bits per heavy atom. The van der Waals surface area contributed by atoms with Gasteiger partial charge in [-0.1, -0.05) is 31.7 Å². The molecule has 0 bridgehead atoms. The number of nitrogens with zero attached hydrogens (tertiary/aromatic N) is 3. The van der Waals surface area contributed by atoms with E-state index in [1.54, 1.807) is 0 Å². The Hall–Kier alpha value is -1.13. The smallest absolute Gasteiger partial charge is 0.123 e. The van der Waals surface area contributed by atoms with Gasteiger partial charge in [-0.3, -0.25) is 9.80 Å². The SMILES string of the molecule is Nc1ccc(CN2CCN(C3CCCCCC3)CC2)cn1. The van der Waals surface area contributed by atoms with Crippen molar-refractivity contribution < 1.29 is 0 Å². The zero-order chi connectivity index (χ0) is 14.5. The lowest BCUT2D eigenvalue weighted by Crippen LogP contribution is -2.49. The van der Waals surface area contributed by atoms with Crippen molar-refractivity contribution in [3.63, 3.8) is 0 Å². The van der Waals surface area contributed by atoms with Gasteiger partial charge in [0.2, 0.25) is 0 Å². The van der Waals surface area contributed by atoms with E-state index >= 15 is 0 Å². The molecule has 116 valence electrons. The number of nitrogen functional groups attached to an aromatic ring is 1. The topological polar surface area (TPSA) is 45.4 Å². The number of hydrogen-bond acceptors (Lipinski definition) is 4. The van der Waals surface area contributed by atoms with E-state index in [9.17, 15) is 0 Å². The van der Waals surface area contributed by atoms with Crippen LogP contribution >= 0.6 is 0 Å². The summed E-state index contributed by atoms with van der Waals surface area (Å²) in [6.07, 6.45) is 10.5. The number of anilines is 1. The molecule has 3 rings (SSSR count). The van der Waals surface area contributed by atoms with E-state index in [0.717, 1.165) is 12.6 Å². The van der Waals surface area contributed by atoms with Crippen molar-refractivity contribution in [2.75, 3.05) is 31.9 Å². The summed E-state index contributed by atoms with van der Waals surface area (Å²) in [4.78, 5) is 9.47. The van der Waals surface area contributed by atoms with Gasteiger partial charge in [-0.05, 0) is 24.5 Å². The van der Waals surface area contributed by atoms with E-state index in [4.69, 9.17) is 5.73 Å². The van der Waals surface area contributed by atoms with Gasteiger partial charge < -0.3 is 5.73 Å². The van der Waals surface area contributed by atoms with E-state index < -0.39 is 0 Å². The second-order valence-corrected chi connectivity index (χ2v) is 6.55. The van der Waals surface area contributed by atoms with Crippen LogP contribution in [0, 0.1) is 0 Å². The quantitative estimate of drug-likeness (QED) is 0.868. The molecule has 0 amide bonds. The molecule has 0 spiro atoms. The summed E-state index contributed by atoms with van der Waals surface area (Å²) in [5.41, 5.74) is 6.91. The minimum absolute atomic E-state index is 0.608. The van der Waals surface area contributed by atoms with Crippen LogP contribution < -0.4 is 5.73 Å². The van der Waals surface area contributed by atoms with E-state index in [1.807, 2.05) is 12.3 Å². The van der Waals surface area contributed by atoms with Crippen molar-refractivity contribution >= 4 is 5.82 Å². The van der Waals surface area contributed by atoms with Gasteiger partial charge in [-0.2, -0.15) is 0 Å². The van der Waals surface area contributed by atoms with Crippen LogP contribution in [0.15, 0.2) is 18.3 Å². The molecule has 2 aliphatic rings. The van der Waals surface area contributed by atoms with E-state index in [1.165, 1.54) is 70.3 Å². The summed E-state index contributed by atoms with van der Waals surface area (Å²) in [5, 5.41) is 0. The van der Waals surface area contributed by atoms with E-state index in [2.05, 4.69) is 20.9 Å². The number of rotatable bonds is 3. The first-order valence-corrected chi connectivity index (χ1v) is 8.48. The molecule has 1 aliphatic carbocycles. The van der Waals surface area contributed by atoms with Gasteiger partial charge in [0, 0.05) is 45.0 Å². The molecule has 2 fully saturated rings. The monoisotopic (exact) mass is 288 g/mol. The number of aromatic nitrogens is 1. The highest BCUT2D eigenvalue weighted by Gasteiger charge is 2.24. The van der Waals surface area contributed by atoms with Crippen LogP contribution in [0.1, 0.15) is 44.1 Å². The Morgan fingerprint density at radius 1 is 1.00 bits per heavy atom. The predicted octanol–water partition coefficient (Wildman–Crippen LogP) is 2.50. The maximum atomic E-state index is 5.64. The van der Waals surface area contributed by atoms with Gasteiger partial charge in [0.1, 0.15) is 5.82 Å². The van der Waals surface area contributed by atoms with Crippen LogP contribution in [0.2, 0.25) is 0 Å². The number of pyridine rings is 1. The van der Waals surface area contributed by atoms with Gasteiger partial charge in [-0.25, -0.2) is 4.98 Å². The van der Waals surface area contributed by atoms with Gasteiger partial charge >= 0.3 is 0 Å². The van der Waals surface area contributed by atoms with Crippen molar-refractivity contribution in [1.29, 1.82) is 0 Å². The third-order valence-corrected chi connectivity index (χ3v) is 5.00. The number of nitrogens with two attached hydrogens (primary N) is 1. The molecule has 1 aliphatic heterocycles. The Bertz CT molecular complexity index is 415. The Balaban J connectivity index is 1.47. The van der Waals surface area contributed by atoms with Crippen LogP contribution in [0.5, 0.6) is 0 Å². The number of piperazine rings is 1. The highest BCUT2D eigenvalue weighted by Crippen LogP contribution is 2.23. The second kappa shape index (κ2) is 7.23. The van der Waals surface area contributed by atoms with Gasteiger partial charge in [0.25, 0.3) is 0 Å². The fourth-order valence-electron chi connectivity index (χ4n) is 3.70. The Morgan fingerprint density at radius 2 is 1.71 bits per heavy atom. The van der Waals surface area contributed by atoms with Crippen LogP contribution in [0.4, 0.5) is 5.82 Å². The molecule has 1 saturated heterocycles. The highest BCUT2D eigenvalue weighted by atomic mass is 15.3. The van der Waals surface area contributed by atoms with Crippen molar-refractivity contribution in [2.24, 2.45) is 0 Å².